The molecule has 0 saturated carbocycles. The molecule has 0 aromatic heterocycles. The van der Waals surface area contributed by atoms with Crippen molar-refractivity contribution in [3.05, 3.63) is 0 Å². The van der Waals surface area contributed by atoms with Gasteiger partial charge in [0.1, 0.15) is 0 Å². The van der Waals surface area contributed by atoms with Gasteiger partial charge in [-0.3, -0.25) is 0 Å². The van der Waals surface area contributed by atoms with E-state index in [1.807, 2.05) is 0 Å². The fourth-order valence-corrected chi connectivity index (χ4v) is 3.66. The lowest BCUT2D eigenvalue weighted by Gasteiger charge is -2.05. The molecule has 0 bridgehead atoms. The van der Waals surface area contributed by atoms with E-state index >= 15 is 0 Å². The van der Waals surface area contributed by atoms with Crippen molar-refractivity contribution in [3.63, 3.8) is 0 Å². The normalized spacial score (nSPS) is 10.9. The number of rotatable bonds is 23. The standard InChI is InChI=1S/C25H52O.H2O/c1-3-5-7-9-11-13-15-17-19-21-23-25-26-24-22-20-18-16-14-12-10-8-6-4-2;/h3-25H2,1-2H3;1H2. The molecule has 0 heterocycles. The predicted molar refractivity (Wildman–Crippen MR) is 123 cm³/mol. The molecule has 0 unspecified atom stereocenters. The number of ether oxygens (including phenoxy) is 1. The average molecular weight is 387 g/mol. The third-order valence-electron chi connectivity index (χ3n) is 5.53. The smallest absolute Gasteiger partial charge is 0.0466 e. The molecule has 0 radical (unpaired) electrons. The minimum Gasteiger partial charge on any atom is -0.412 e. The van der Waals surface area contributed by atoms with Crippen molar-refractivity contribution in [3.8, 4) is 0 Å². The zero-order valence-corrected chi connectivity index (χ0v) is 19.2. The molecule has 0 fully saturated rings. The van der Waals surface area contributed by atoms with Crippen LogP contribution in [0.5, 0.6) is 0 Å². The van der Waals surface area contributed by atoms with Crippen LogP contribution in [-0.4, -0.2) is 18.7 Å². The summed E-state index contributed by atoms with van der Waals surface area (Å²) in [7, 11) is 0. The van der Waals surface area contributed by atoms with Gasteiger partial charge in [-0.1, -0.05) is 136 Å². The Balaban J connectivity index is 0. The van der Waals surface area contributed by atoms with Gasteiger partial charge in [-0.15, -0.1) is 0 Å². The molecular weight excluding hydrogens is 332 g/mol. The molecule has 0 aromatic rings. The van der Waals surface area contributed by atoms with E-state index in [2.05, 4.69) is 13.8 Å². The van der Waals surface area contributed by atoms with E-state index in [-0.39, 0.29) is 5.48 Å². The topological polar surface area (TPSA) is 40.7 Å². The lowest BCUT2D eigenvalue weighted by atomic mass is 10.1. The highest BCUT2D eigenvalue weighted by molar-refractivity contribution is 4.49. The van der Waals surface area contributed by atoms with Crippen LogP contribution in [0.3, 0.4) is 0 Å². The Morgan fingerprint density at radius 1 is 0.333 bits per heavy atom. The molecular formula is C25H54O2. The first-order valence-corrected chi connectivity index (χ1v) is 12.5. The van der Waals surface area contributed by atoms with Crippen LogP contribution in [-0.2, 0) is 4.74 Å². The van der Waals surface area contributed by atoms with Crippen molar-refractivity contribution in [1.29, 1.82) is 0 Å². The summed E-state index contributed by atoms with van der Waals surface area (Å²) in [5.74, 6) is 0. The van der Waals surface area contributed by atoms with Gasteiger partial charge in [0.25, 0.3) is 0 Å². The number of hydrogen-bond donors (Lipinski definition) is 0. The van der Waals surface area contributed by atoms with Crippen LogP contribution in [0.2, 0.25) is 0 Å². The molecule has 0 aliphatic heterocycles. The molecule has 0 rings (SSSR count). The van der Waals surface area contributed by atoms with E-state index in [9.17, 15) is 0 Å². The van der Waals surface area contributed by atoms with Gasteiger partial charge >= 0.3 is 0 Å². The lowest BCUT2D eigenvalue weighted by molar-refractivity contribution is 0.125. The van der Waals surface area contributed by atoms with Crippen LogP contribution < -0.4 is 0 Å². The van der Waals surface area contributed by atoms with E-state index in [0.717, 1.165) is 13.2 Å². The molecule has 0 aromatic carbocycles. The van der Waals surface area contributed by atoms with Crippen molar-refractivity contribution >= 4 is 0 Å². The van der Waals surface area contributed by atoms with Crippen molar-refractivity contribution in [2.24, 2.45) is 0 Å². The molecule has 0 amide bonds. The quantitative estimate of drug-likeness (QED) is 0.162. The molecule has 2 heteroatoms. The van der Waals surface area contributed by atoms with E-state index in [0.29, 0.717) is 0 Å². The summed E-state index contributed by atoms with van der Waals surface area (Å²) < 4.78 is 5.79. The molecule has 0 aliphatic carbocycles. The fraction of sp³-hybridized carbons (Fsp3) is 1.00. The summed E-state index contributed by atoms with van der Waals surface area (Å²) >= 11 is 0. The van der Waals surface area contributed by atoms with Gasteiger partial charge in [0, 0.05) is 13.2 Å². The molecule has 0 atom stereocenters. The van der Waals surface area contributed by atoms with Crippen molar-refractivity contribution < 1.29 is 10.2 Å². The lowest BCUT2D eigenvalue weighted by Crippen LogP contribution is -1.97. The van der Waals surface area contributed by atoms with Crippen LogP contribution in [0.15, 0.2) is 0 Å². The fourth-order valence-electron chi connectivity index (χ4n) is 3.66. The van der Waals surface area contributed by atoms with Crippen LogP contribution in [0.25, 0.3) is 0 Å². The van der Waals surface area contributed by atoms with Crippen LogP contribution in [0.4, 0.5) is 0 Å². The van der Waals surface area contributed by atoms with Crippen molar-refractivity contribution in [1.82, 2.24) is 0 Å². The second kappa shape index (κ2) is 28.1. The number of hydrogen-bond acceptors (Lipinski definition) is 1. The summed E-state index contributed by atoms with van der Waals surface area (Å²) in [6.07, 6.45) is 29.6. The van der Waals surface area contributed by atoms with Gasteiger partial charge in [0.2, 0.25) is 0 Å². The zero-order valence-electron chi connectivity index (χ0n) is 19.2. The Morgan fingerprint density at radius 3 is 0.815 bits per heavy atom. The number of unbranched alkanes of at least 4 members (excludes halogenated alkanes) is 19. The van der Waals surface area contributed by atoms with E-state index in [1.165, 1.54) is 135 Å². The Labute approximate surface area is 172 Å². The van der Waals surface area contributed by atoms with Gasteiger partial charge in [-0.2, -0.15) is 0 Å². The highest BCUT2D eigenvalue weighted by Crippen LogP contribution is 2.12. The van der Waals surface area contributed by atoms with E-state index in [4.69, 9.17) is 4.74 Å². The SMILES string of the molecule is CCCCCCCCCCCCCOCCCCCCCCCCCC.O. The second-order valence-corrected chi connectivity index (χ2v) is 8.33. The van der Waals surface area contributed by atoms with Crippen LogP contribution >= 0.6 is 0 Å². The molecule has 0 spiro atoms. The van der Waals surface area contributed by atoms with Crippen LogP contribution in [0.1, 0.15) is 149 Å². The monoisotopic (exact) mass is 386 g/mol. The molecule has 2 nitrogen and oxygen atoms in total. The highest BCUT2D eigenvalue weighted by atomic mass is 16.5. The summed E-state index contributed by atoms with van der Waals surface area (Å²) in [4.78, 5) is 0. The van der Waals surface area contributed by atoms with Crippen LogP contribution in [0, 0.1) is 0 Å². The minimum absolute atomic E-state index is 0. The maximum Gasteiger partial charge on any atom is 0.0466 e. The molecule has 0 aliphatic rings. The Kier molecular flexibility index (Phi) is 30.3. The van der Waals surface area contributed by atoms with E-state index in [1.54, 1.807) is 0 Å². The predicted octanol–water partition coefficient (Wildman–Crippen LogP) is 8.41. The van der Waals surface area contributed by atoms with Crippen molar-refractivity contribution in [2.45, 2.75) is 149 Å². The van der Waals surface area contributed by atoms with Gasteiger partial charge < -0.3 is 10.2 Å². The summed E-state index contributed by atoms with van der Waals surface area (Å²) in [6.45, 7) is 6.57. The second-order valence-electron chi connectivity index (χ2n) is 8.33. The first kappa shape index (κ1) is 29.1. The molecule has 27 heavy (non-hydrogen) atoms. The minimum atomic E-state index is 0. The zero-order chi connectivity index (χ0) is 19.0. The maximum atomic E-state index is 5.79. The summed E-state index contributed by atoms with van der Waals surface area (Å²) in [5, 5.41) is 0. The highest BCUT2D eigenvalue weighted by Gasteiger charge is 1.95. The van der Waals surface area contributed by atoms with Gasteiger partial charge in [0.15, 0.2) is 0 Å². The van der Waals surface area contributed by atoms with Gasteiger partial charge in [-0.25, -0.2) is 0 Å². The Morgan fingerprint density at radius 2 is 0.556 bits per heavy atom. The first-order chi connectivity index (χ1) is 12.9. The van der Waals surface area contributed by atoms with Gasteiger partial charge in [0.05, 0.1) is 0 Å². The molecule has 2 N–H and O–H groups in total. The largest absolute Gasteiger partial charge is 0.412 e. The Bertz CT molecular complexity index is 206. The van der Waals surface area contributed by atoms with E-state index < -0.39 is 0 Å². The third-order valence-corrected chi connectivity index (χ3v) is 5.53. The summed E-state index contributed by atoms with van der Waals surface area (Å²) in [6, 6.07) is 0. The molecule has 166 valence electrons. The third kappa shape index (κ3) is 28.2. The Hall–Kier alpha value is -0.0800. The average Bonchev–Trinajstić information content (AvgIpc) is 2.66. The first-order valence-electron chi connectivity index (χ1n) is 12.5. The maximum absolute atomic E-state index is 5.79. The molecule has 0 saturated heterocycles. The van der Waals surface area contributed by atoms with Crippen molar-refractivity contribution in [2.75, 3.05) is 13.2 Å². The van der Waals surface area contributed by atoms with Gasteiger partial charge in [-0.05, 0) is 12.8 Å². The summed E-state index contributed by atoms with van der Waals surface area (Å²) in [5.41, 5.74) is 0.